The first-order chi connectivity index (χ1) is 10.8. The van der Waals surface area contributed by atoms with E-state index in [4.69, 9.17) is 9.73 Å². The Balaban J connectivity index is 1.63. The summed E-state index contributed by atoms with van der Waals surface area (Å²) in [6.07, 6.45) is 12.8. The molecule has 2 aliphatic rings. The SMILES string of the molecule is CCNC(=NCCCOC1CCCC1)NC1CCC(SC)C1. The van der Waals surface area contributed by atoms with Crippen LogP contribution >= 0.6 is 11.8 Å². The van der Waals surface area contributed by atoms with Crippen molar-refractivity contribution in [3.63, 3.8) is 0 Å². The van der Waals surface area contributed by atoms with E-state index < -0.39 is 0 Å². The minimum Gasteiger partial charge on any atom is -0.378 e. The lowest BCUT2D eigenvalue weighted by Crippen LogP contribution is -2.42. The fourth-order valence-corrected chi connectivity index (χ4v) is 4.16. The zero-order valence-corrected chi connectivity index (χ0v) is 15.1. The quantitative estimate of drug-likeness (QED) is 0.408. The summed E-state index contributed by atoms with van der Waals surface area (Å²) in [5.74, 6) is 0.982. The number of aliphatic imine (C=N–C) groups is 1. The standard InChI is InChI=1S/C17H33N3OS/c1-3-18-17(20-14-9-10-16(13-14)22-2)19-11-6-12-21-15-7-4-5-8-15/h14-16H,3-13H2,1-2H3,(H2,18,19,20). The average Bonchev–Trinajstić information content (AvgIpc) is 3.18. The zero-order chi connectivity index (χ0) is 15.6. The molecule has 22 heavy (non-hydrogen) atoms. The fraction of sp³-hybridized carbons (Fsp3) is 0.941. The number of nitrogens with one attached hydrogen (secondary N) is 2. The van der Waals surface area contributed by atoms with Gasteiger partial charge in [-0.3, -0.25) is 4.99 Å². The van der Waals surface area contributed by atoms with E-state index in [1.54, 1.807) is 0 Å². The Kier molecular flexibility index (Phi) is 8.45. The summed E-state index contributed by atoms with van der Waals surface area (Å²) in [7, 11) is 0. The van der Waals surface area contributed by atoms with E-state index in [-0.39, 0.29) is 0 Å². The van der Waals surface area contributed by atoms with Gasteiger partial charge in [0.25, 0.3) is 0 Å². The Bertz CT molecular complexity index is 332. The van der Waals surface area contributed by atoms with E-state index in [0.29, 0.717) is 12.1 Å². The highest BCUT2D eigenvalue weighted by Gasteiger charge is 2.24. The molecule has 5 heteroatoms. The molecule has 2 rings (SSSR count). The summed E-state index contributed by atoms with van der Waals surface area (Å²) in [6.45, 7) is 4.75. The van der Waals surface area contributed by atoms with Crippen LogP contribution in [0, 0.1) is 0 Å². The largest absolute Gasteiger partial charge is 0.378 e. The van der Waals surface area contributed by atoms with E-state index in [9.17, 15) is 0 Å². The Morgan fingerprint density at radius 1 is 1.23 bits per heavy atom. The molecule has 0 aliphatic heterocycles. The number of hydrogen-bond donors (Lipinski definition) is 2. The summed E-state index contributed by atoms with van der Waals surface area (Å²) < 4.78 is 5.89. The van der Waals surface area contributed by atoms with Crippen LogP contribution in [0.4, 0.5) is 0 Å². The number of guanidine groups is 1. The van der Waals surface area contributed by atoms with Crippen LogP contribution in [0.2, 0.25) is 0 Å². The van der Waals surface area contributed by atoms with Crippen molar-refractivity contribution in [2.24, 2.45) is 4.99 Å². The van der Waals surface area contributed by atoms with Gasteiger partial charge in [0.1, 0.15) is 0 Å². The molecular formula is C17H33N3OS. The molecule has 0 amide bonds. The van der Waals surface area contributed by atoms with Gasteiger partial charge in [-0.2, -0.15) is 11.8 Å². The molecule has 0 spiro atoms. The number of thioether (sulfide) groups is 1. The molecule has 0 saturated heterocycles. The van der Waals surface area contributed by atoms with Crippen molar-refractivity contribution in [3.8, 4) is 0 Å². The molecule has 2 unspecified atom stereocenters. The monoisotopic (exact) mass is 327 g/mol. The van der Waals surface area contributed by atoms with E-state index >= 15 is 0 Å². The first-order valence-corrected chi connectivity index (χ1v) is 10.3. The van der Waals surface area contributed by atoms with Crippen molar-refractivity contribution in [1.29, 1.82) is 0 Å². The highest BCUT2D eigenvalue weighted by atomic mass is 32.2. The molecule has 0 bridgehead atoms. The van der Waals surface area contributed by atoms with Crippen molar-refractivity contribution in [1.82, 2.24) is 10.6 Å². The van der Waals surface area contributed by atoms with Gasteiger partial charge in [0.15, 0.2) is 5.96 Å². The third-order valence-electron chi connectivity index (χ3n) is 4.63. The maximum absolute atomic E-state index is 5.89. The van der Waals surface area contributed by atoms with Crippen LogP contribution in [-0.4, -0.2) is 49.3 Å². The molecule has 0 aromatic rings. The summed E-state index contributed by atoms with van der Waals surface area (Å²) in [4.78, 5) is 4.70. The highest BCUT2D eigenvalue weighted by molar-refractivity contribution is 7.99. The number of ether oxygens (including phenoxy) is 1. The van der Waals surface area contributed by atoms with E-state index in [1.165, 1.54) is 44.9 Å². The number of hydrogen-bond acceptors (Lipinski definition) is 3. The van der Waals surface area contributed by atoms with Gasteiger partial charge in [0.2, 0.25) is 0 Å². The van der Waals surface area contributed by atoms with Crippen molar-refractivity contribution in [3.05, 3.63) is 0 Å². The lowest BCUT2D eigenvalue weighted by atomic mass is 10.2. The molecule has 0 radical (unpaired) electrons. The molecule has 0 aromatic heterocycles. The van der Waals surface area contributed by atoms with Gasteiger partial charge < -0.3 is 15.4 Å². The number of nitrogens with zero attached hydrogens (tertiary/aromatic N) is 1. The lowest BCUT2D eigenvalue weighted by molar-refractivity contribution is 0.0579. The first-order valence-electron chi connectivity index (χ1n) is 9.01. The van der Waals surface area contributed by atoms with Gasteiger partial charge in [-0.05, 0) is 51.7 Å². The molecular weight excluding hydrogens is 294 g/mol. The maximum Gasteiger partial charge on any atom is 0.191 e. The summed E-state index contributed by atoms with van der Waals surface area (Å²) >= 11 is 2.00. The van der Waals surface area contributed by atoms with Gasteiger partial charge in [0.05, 0.1) is 6.10 Å². The van der Waals surface area contributed by atoms with Gasteiger partial charge in [-0.15, -0.1) is 0 Å². The van der Waals surface area contributed by atoms with Crippen LogP contribution in [0.1, 0.15) is 58.3 Å². The van der Waals surface area contributed by atoms with Gasteiger partial charge in [-0.1, -0.05) is 12.8 Å². The van der Waals surface area contributed by atoms with E-state index in [0.717, 1.165) is 37.3 Å². The molecule has 0 aromatic carbocycles. The molecule has 4 nitrogen and oxygen atoms in total. The molecule has 2 saturated carbocycles. The molecule has 2 atom stereocenters. The molecule has 128 valence electrons. The van der Waals surface area contributed by atoms with Crippen LogP contribution in [-0.2, 0) is 4.74 Å². The topological polar surface area (TPSA) is 45.7 Å². The normalized spacial score (nSPS) is 26.5. The lowest BCUT2D eigenvalue weighted by Gasteiger charge is -2.17. The first kappa shape index (κ1) is 17.9. The van der Waals surface area contributed by atoms with Gasteiger partial charge >= 0.3 is 0 Å². The van der Waals surface area contributed by atoms with Crippen molar-refractivity contribution in [2.45, 2.75) is 75.7 Å². The summed E-state index contributed by atoms with van der Waals surface area (Å²) in [5, 5.41) is 7.78. The van der Waals surface area contributed by atoms with Crippen molar-refractivity contribution in [2.75, 3.05) is 26.0 Å². The van der Waals surface area contributed by atoms with Crippen LogP contribution in [0.25, 0.3) is 0 Å². The average molecular weight is 328 g/mol. The Labute approximate surface area is 140 Å². The third-order valence-corrected chi connectivity index (χ3v) is 5.73. The van der Waals surface area contributed by atoms with E-state index in [2.05, 4.69) is 23.8 Å². The predicted octanol–water partition coefficient (Wildman–Crippen LogP) is 3.17. The smallest absolute Gasteiger partial charge is 0.191 e. The molecule has 2 fully saturated rings. The van der Waals surface area contributed by atoms with Gasteiger partial charge in [-0.25, -0.2) is 0 Å². The minimum atomic E-state index is 0.525. The molecule has 0 heterocycles. The van der Waals surface area contributed by atoms with Crippen LogP contribution in [0.15, 0.2) is 4.99 Å². The second-order valence-corrected chi connectivity index (χ2v) is 7.54. The van der Waals surface area contributed by atoms with Crippen LogP contribution in [0.5, 0.6) is 0 Å². The minimum absolute atomic E-state index is 0.525. The van der Waals surface area contributed by atoms with Crippen molar-refractivity contribution >= 4 is 17.7 Å². The third kappa shape index (κ3) is 6.37. The highest BCUT2D eigenvalue weighted by Crippen LogP contribution is 2.28. The fourth-order valence-electron chi connectivity index (χ4n) is 3.36. The Hall–Kier alpha value is -0.420. The summed E-state index contributed by atoms with van der Waals surface area (Å²) in [5.41, 5.74) is 0. The van der Waals surface area contributed by atoms with E-state index in [1.807, 2.05) is 11.8 Å². The van der Waals surface area contributed by atoms with Crippen LogP contribution < -0.4 is 10.6 Å². The second kappa shape index (κ2) is 10.4. The Morgan fingerprint density at radius 3 is 2.73 bits per heavy atom. The summed E-state index contributed by atoms with van der Waals surface area (Å²) in [6, 6.07) is 0.588. The van der Waals surface area contributed by atoms with Crippen LogP contribution in [0.3, 0.4) is 0 Å². The Morgan fingerprint density at radius 2 is 2.05 bits per heavy atom. The zero-order valence-electron chi connectivity index (χ0n) is 14.3. The molecule has 2 N–H and O–H groups in total. The second-order valence-electron chi connectivity index (χ2n) is 6.40. The van der Waals surface area contributed by atoms with Gasteiger partial charge in [0, 0.05) is 31.0 Å². The maximum atomic E-state index is 5.89. The number of rotatable bonds is 8. The predicted molar refractivity (Wildman–Crippen MR) is 96.9 cm³/mol. The van der Waals surface area contributed by atoms with Crippen molar-refractivity contribution < 1.29 is 4.74 Å². The molecule has 2 aliphatic carbocycles.